The summed E-state index contributed by atoms with van der Waals surface area (Å²) in [6.45, 7) is 2.82. The van der Waals surface area contributed by atoms with Crippen LogP contribution in [0.5, 0.6) is 5.75 Å². The van der Waals surface area contributed by atoms with Gasteiger partial charge in [-0.3, -0.25) is 4.79 Å². The first-order chi connectivity index (χ1) is 12.5. The quantitative estimate of drug-likeness (QED) is 0.844. The van der Waals surface area contributed by atoms with Crippen LogP contribution in [0.1, 0.15) is 19.8 Å². The molecule has 0 aromatic heterocycles. The van der Waals surface area contributed by atoms with Crippen LogP contribution in [0.25, 0.3) is 0 Å². The normalized spacial score (nSPS) is 17.8. The highest BCUT2D eigenvalue weighted by molar-refractivity contribution is 7.89. The molecule has 1 aliphatic heterocycles. The minimum absolute atomic E-state index is 0.209. The molecule has 2 aromatic carbocycles. The summed E-state index contributed by atoms with van der Waals surface area (Å²) in [5, 5.41) is 2.81. The Bertz CT molecular complexity index is 851. The molecule has 2 aromatic rings. The molecule has 0 bridgehead atoms. The lowest BCUT2D eigenvalue weighted by Crippen LogP contribution is -2.43. The predicted octanol–water partition coefficient (Wildman–Crippen LogP) is 2.88. The van der Waals surface area contributed by atoms with Crippen LogP contribution in [0, 0.1) is 0 Å². The van der Waals surface area contributed by atoms with E-state index < -0.39 is 16.1 Å². The maximum absolute atomic E-state index is 12.8. The average Bonchev–Trinajstić information content (AvgIpc) is 3.15. The van der Waals surface area contributed by atoms with Crippen LogP contribution < -0.4 is 10.1 Å². The molecule has 1 aliphatic rings. The van der Waals surface area contributed by atoms with Crippen LogP contribution in [-0.2, 0) is 14.8 Å². The second kappa shape index (κ2) is 7.88. The standard InChI is InChI=1S/C19H22N2O4S/c1-2-25-16-12-10-15(11-13-16)20-19(22)18-9-6-14-21(18)26(23,24)17-7-4-3-5-8-17/h3-5,7-8,10-13,18H,2,6,9,14H2,1H3,(H,20,22). The van der Waals surface area contributed by atoms with E-state index in [9.17, 15) is 13.2 Å². The van der Waals surface area contributed by atoms with Gasteiger partial charge in [-0.2, -0.15) is 4.31 Å². The van der Waals surface area contributed by atoms with E-state index in [1.54, 1.807) is 54.6 Å². The lowest BCUT2D eigenvalue weighted by atomic mass is 10.2. The van der Waals surface area contributed by atoms with Crippen LogP contribution in [0.3, 0.4) is 0 Å². The van der Waals surface area contributed by atoms with Crippen molar-refractivity contribution in [3.05, 3.63) is 54.6 Å². The lowest BCUT2D eigenvalue weighted by Gasteiger charge is -2.23. The Hall–Kier alpha value is -2.38. The molecular formula is C19H22N2O4S. The minimum atomic E-state index is -3.69. The number of nitrogens with one attached hydrogen (secondary N) is 1. The Morgan fingerprint density at radius 1 is 1.15 bits per heavy atom. The van der Waals surface area contributed by atoms with Gasteiger partial charge < -0.3 is 10.1 Å². The maximum Gasteiger partial charge on any atom is 0.243 e. The SMILES string of the molecule is CCOc1ccc(NC(=O)C2CCCN2S(=O)(=O)c2ccccc2)cc1. The molecular weight excluding hydrogens is 352 g/mol. The van der Waals surface area contributed by atoms with Gasteiger partial charge >= 0.3 is 0 Å². The molecule has 6 nitrogen and oxygen atoms in total. The van der Waals surface area contributed by atoms with E-state index in [4.69, 9.17) is 4.74 Å². The summed E-state index contributed by atoms with van der Waals surface area (Å²) in [6.07, 6.45) is 1.17. The van der Waals surface area contributed by atoms with Gasteiger partial charge in [0.25, 0.3) is 0 Å². The minimum Gasteiger partial charge on any atom is -0.494 e. The van der Waals surface area contributed by atoms with Gasteiger partial charge in [-0.05, 0) is 56.2 Å². The van der Waals surface area contributed by atoms with E-state index in [1.165, 1.54) is 4.31 Å². The first-order valence-corrected chi connectivity index (χ1v) is 10.1. The summed E-state index contributed by atoms with van der Waals surface area (Å²) in [5.41, 5.74) is 0.613. The smallest absolute Gasteiger partial charge is 0.243 e. The fourth-order valence-electron chi connectivity index (χ4n) is 3.04. The summed E-state index contributed by atoms with van der Waals surface area (Å²) in [6, 6.07) is 14.5. The lowest BCUT2D eigenvalue weighted by molar-refractivity contribution is -0.119. The Balaban J connectivity index is 1.74. The number of amides is 1. The van der Waals surface area contributed by atoms with Crippen molar-refractivity contribution in [3.8, 4) is 5.75 Å². The van der Waals surface area contributed by atoms with E-state index in [-0.39, 0.29) is 10.8 Å². The number of hydrogen-bond acceptors (Lipinski definition) is 4. The van der Waals surface area contributed by atoms with E-state index in [0.717, 1.165) is 5.75 Å². The van der Waals surface area contributed by atoms with Gasteiger partial charge in [0.2, 0.25) is 15.9 Å². The first kappa shape index (κ1) is 18.4. The third-order valence-corrected chi connectivity index (χ3v) is 6.21. The highest BCUT2D eigenvalue weighted by atomic mass is 32.2. The molecule has 1 amide bonds. The Morgan fingerprint density at radius 2 is 1.85 bits per heavy atom. The summed E-state index contributed by atoms with van der Waals surface area (Å²) >= 11 is 0. The fraction of sp³-hybridized carbons (Fsp3) is 0.316. The van der Waals surface area contributed by atoms with Crippen LogP contribution in [-0.4, -0.2) is 37.8 Å². The largest absolute Gasteiger partial charge is 0.494 e. The van der Waals surface area contributed by atoms with E-state index >= 15 is 0 Å². The number of hydrogen-bond donors (Lipinski definition) is 1. The number of rotatable bonds is 6. The van der Waals surface area contributed by atoms with Crippen LogP contribution in [0.4, 0.5) is 5.69 Å². The number of sulfonamides is 1. The predicted molar refractivity (Wildman–Crippen MR) is 99.6 cm³/mol. The van der Waals surface area contributed by atoms with E-state index in [0.29, 0.717) is 31.7 Å². The molecule has 0 radical (unpaired) electrons. The van der Waals surface area contributed by atoms with Gasteiger partial charge in [-0.25, -0.2) is 8.42 Å². The second-order valence-corrected chi connectivity index (χ2v) is 7.92. The van der Waals surface area contributed by atoms with Crippen molar-refractivity contribution in [2.45, 2.75) is 30.7 Å². The van der Waals surface area contributed by atoms with Gasteiger partial charge in [-0.15, -0.1) is 0 Å². The third kappa shape index (κ3) is 3.89. The van der Waals surface area contributed by atoms with Crippen molar-refractivity contribution >= 4 is 21.6 Å². The molecule has 138 valence electrons. The number of ether oxygens (including phenoxy) is 1. The molecule has 1 atom stereocenters. The third-order valence-electron chi connectivity index (χ3n) is 4.29. The van der Waals surface area contributed by atoms with Crippen LogP contribution in [0.15, 0.2) is 59.5 Å². The van der Waals surface area contributed by atoms with Crippen molar-refractivity contribution < 1.29 is 17.9 Å². The highest BCUT2D eigenvalue weighted by Gasteiger charge is 2.39. The van der Waals surface area contributed by atoms with Gasteiger partial charge in [0, 0.05) is 12.2 Å². The van der Waals surface area contributed by atoms with Gasteiger partial charge in [0.1, 0.15) is 11.8 Å². The fourth-order valence-corrected chi connectivity index (χ4v) is 4.72. The van der Waals surface area contributed by atoms with Gasteiger partial charge in [0.15, 0.2) is 0 Å². The van der Waals surface area contributed by atoms with Crippen LogP contribution in [0.2, 0.25) is 0 Å². The summed E-state index contributed by atoms with van der Waals surface area (Å²) in [5.74, 6) is 0.408. The zero-order valence-corrected chi connectivity index (χ0v) is 15.4. The Morgan fingerprint density at radius 3 is 2.50 bits per heavy atom. The average molecular weight is 374 g/mol. The Labute approximate surface area is 153 Å². The van der Waals surface area contributed by atoms with Crippen molar-refractivity contribution in [3.63, 3.8) is 0 Å². The van der Waals surface area contributed by atoms with E-state index in [2.05, 4.69) is 5.32 Å². The number of carbonyl (C=O) groups excluding carboxylic acids is 1. The monoisotopic (exact) mass is 374 g/mol. The molecule has 0 spiro atoms. The molecule has 1 heterocycles. The van der Waals surface area contributed by atoms with Gasteiger partial charge in [-0.1, -0.05) is 18.2 Å². The second-order valence-electron chi connectivity index (χ2n) is 6.03. The first-order valence-electron chi connectivity index (χ1n) is 8.63. The maximum atomic E-state index is 12.8. The van der Waals surface area contributed by atoms with Crippen molar-refractivity contribution in [2.24, 2.45) is 0 Å². The summed E-state index contributed by atoms with van der Waals surface area (Å²) in [7, 11) is -3.69. The number of carbonyl (C=O) groups is 1. The summed E-state index contributed by atoms with van der Waals surface area (Å²) < 4.78 is 32.4. The number of nitrogens with zero attached hydrogens (tertiary/aromatic N) is 1. The van der Waals surface area contributed by atoms with Crippen molar-refractivity contribution in [1.29, 1.82) is 0 Å². The summed E-state index contributed by atoms with van der Waals surface area (Å²) in [4.78, 5) is 12.9. The van der Waals surface area contributed by atoms with E-state index in [1.807, 2.05) is 6.92 Å². The Kier molecular flexibility index (Phi) is 5.58. The molecule has 3 rings (SSSR count). The van der Waals surface area contributed by atoms with Crippen molar-refractivity contribution in [1.82, 2.24) is 4.31 Å². The zero-order chi connectivity index (χ0) is 18.6. The number of benzene rings is 2. The van der Waals surface area contributed by atoms with Crippen LogP contribution >= 0.6 is 0 Å². The molecule has 26 heavy (non-hydrogen) atoms. The molecule has 1 saturated heterocycles. The van der Waals surface area contributed by atoms with Gasteiger partial charge in [0.05, 0.1) is 11.5 Å². The molecule has 7 heteroatoms. The molecule has 0 aliphatic carbocycles. The molecule has 0 saturated carbocycles. The molecule has 1 fully saturated rings. The number of anilines is 1. The zero-order valence-electron chi connectivity index (χ0n) is 14.6. The molecule has 1 N–H and O–H groups in total. The van der Waals surface area contributed by atoms with Crippen molar-refractivity contribution in [2.75, 3.05) is 18.5 Å². The molecule has 1 unspecified atom stereocenters. The highest BCUT2D eigenvalue weighted by Crippen LogP contribution is 2.27. The topological polar surface area (TPSA) is 75.7 Å².